The van der Waals surface area contributed by atoms with Crippen LogP contribution in [0.5, 0.6) is 0 Å². The van der Waals surface area contributed by atoms with Crippen LogP contribution >= 0.6 is 0 Å². The van der Waals surface area contributed by atoms with Crippen molar-refractivity contribution in [1.29, 1.82) is 0 Å². The van der Waals surface area contributed by atoms with Crippen LogP contribution in [-0.4, -0.2) is 49.0 Å². The Bertz CT molecular complexity index is 615. The Morgan fingerprint density at radius 3 is 2.62 bits per heavy atom. The van der Waals surface area contributed by atoms with Crippen molar-refractivity contribution in [1.82, 2.24) is 4.90 Å². The van der Waals surface area contributed by atoms with Crippen molar-refractivity contribution in [3.63, 3.8) is 0 Å². The number of rotatable bonds is 8. The van der Waals surface area contributed by atoms with E-state index < -0.39 is 0 Å². The van der Waals surface area contributed by atoms with E-state index in [4.69, 9.17) is 9.84 Å². The predicted molar refractivity (Wildman–Crippen MR) is 99.4 cm³/mol. The van der Waals surface area contributed by atoms with E-state index in [0.717, 1.165) is 38.8 Å². The number of hydrogen-bond donors (Lipinski definition) is 1. The second kappa shape index (κ2) is 9.16. The average Bonchev–Trinajstić information content (AvgIpc) is 2.63. The van der Waals surface area contributed by atoms with Gasteiger partial charge >= 0.3 is 0 Å². The fraction of sp³-hybridized carbons (Fsp3) is 0.524. The topological polar surface area (TPSA) is 32.7 Å². The second-order valence-corrected chi connectivity index (χ2v) is 6.73. The Morgan fingerprint density at radius 2 is 1.79 bits per heavy atom. The lowest BCUT2D eigenvalue weighted by atomic mass is 10.0. The second-order valence-electron chi connectivity index (χ2n) is 6.73. The maximum Gasteiger partial charge on any atom is 0.0599 e. The SMILES string of the molecule is OCCCOC1CCN(CCCc2cccc3ccccc23)CC1. The van der Waals surface area contributed by atoms with Crippen molar-refractivity contribution in [3.05, 3.63) is 48.0 Å². The Balaban J connectivity index is 1.41. The lowest BCUT2D eigenvalue weighted by Crippen LogP contribution is -2.37. The van der Waals surface area contributed by atoms with E-state index in [1.54, 1.807) is 0 Å². The number of benzene rings is 2. The van der Waals surface area contributed by atoms with Crippen LogP contribution in [0.4, 0.5) is 0 Å². The van der Waals surface area contributed by atoms with Crippen LogP contribution in [0, 0.1) is 0 Å². The lowest BCUT2D eigenvalue weighted by Gasteiger charge is -2.31. The Morgan fingerprint density at radius 1 is 1.00 bits per heavy atom. The fourth-order valence-corrected chi connectivity index (χ4v) is 3.62. The normalized spacial score (nSPS) is 16.7. The maximum atomic E-state index is 8.81. The molecule has 1 N–H and O–H groups in total. The molecule has 2 aromatic carbocycles. The first-order valence-corrected chi connectivity index (χ1v) is 9.28. The zero-order valence-corrected chi connectivity index (χ0v) is 14.5. The van der Waals surface area contributed by atoms with Crippen molar-refractivity contribution in [2.24, 2.45) is 0 Å². The molecule has 3 heteroatoms. The maximum absolute atomic E-state index is 8.81. The predicted octanol–water partition coefficient (Wildman–Crippen LogP) is 3.64. The van der Waals surface area contributed by atoms with E-state index in [0.29, 0.717) is 12.7 Å². The Hall–Kier alpha value is -1.42. The molecular weight excluding hydrogens is 298 g/mol. The highest BCUT2D eigenvalue weighted by atomic mass is 16.5. The summed E-state index contributed by atoms with van der Waals surface area (Å²) in [5.41, 5.74) is 1.47. The molecule has 0 aliphatic carbocycles. The van der Waals surface area contributed by atoms with Crippen molar-refractivity contribution in [2.75, 3.05) is 32.8 Å². The van der Waals surface area contributed by atoms with Gasteiger partial charge in [-0.25, -0.2) is 0 Å². The van der Waals surface area contributed by atoms with Crippen molar-refractivity contribution in [3.8, 4) is 0 Å². The number of likely N-dealkylation sites (tertiary alicyclic amines) is 1. The van der Waals surface area contributed by atoms with Crippen LogP contribution in [0.2, 0.25) is 0 Å². The molecular formula is C21H29NO2. The van der Waals surface area contributed by atoms with Gasteiger partial charge in [0.1, 0.15) is 0 Å². The third-order valence-electron chi connectivity index (χ3n) is 4.99. The molecule has 0 unspecified atom stereocenters. The molecule has 130 valence electrons. The molecule has 1 fully saturated rings. The molecule has 0 bridgehead atoms. The summed E-state index contributed by atoms with van der Waals surface area (Å²) in [6, 6.07) is 15.3. The van der Waals surface area contributed by atoms with Gasteiger partial charge < -0.3 is 14.7 Å². The first-order valence-electron chi connectivity index (χ1n) is 9.28. The highest BCUT2D eigenvalue weighted by Gasteiger charge is 2.19. The minimum atomic E-state index is 0.229. The highest BCUT2D eigenvalue weighted by molar-refractivity contribution is 5.85. The molecule has 0 amide bonds. The molecule has 1 aliphatic heterocycles. The number of aliphatic hydroxyl groups is 1. The number of piperidine rings is 1. The third kappa shape index (κ3) is 4.79. The van der Waals surface area contributed by atoms with E-state index in [1.807, 2.05) is 0 Å². The molecule has 2 aromatic rings. The van der Waals surface area contributed by atoms with Gasteiger partial charge in [0.25, 0.3) is 0 Å². The number of ether oxygens (including phenoxy) is 1. The van der Waals surface area contributed by atoms with E-state index in [-0.39, 0.29) is 6.61 Å². The zero-order chi connectivity index (χ0) is 16.6. The van der Waals surface area contributed by atoms with Crippen LogP contribution < -0.4 is 0 Å². The molecule has 0 saturated carbocycles. The average molecular weight is 327 g/mol. The number of aliphatic hydroxyl groups excluding tert-OH is 1. The van der Waals surface area contributed by atoms with Crippen LogP contribution in [0.25, 0.3) is 10.8 Å². The first kappa shape index (κ1) is 17.4. The van der Waals surface area contributed by atoms with Gasteiger partial charge in [0.2, 0.25) is 0 Å². The first-order chi connectivity index (χ1) is 11.9. The molecule has 1 saturated heterocycles. The Kier molecular flexibility index (Phi) is 6.65. The van der Waals surface area contributed by atoms with Crippen LogP contribution in [0.1, 0.15) is 31.2 Å². The largest absolute Gasteiger partial charge is 0.396 e. The Labute approximate surface area is 145 Å². The highest BCUT2D eigenvalue weighted by Crippen LogP contribution is 2.20. The van der Waals surface area contributed by atoms with Gasteiger partial charge in [-0.2, -0.15) is 0 Å². The minimum Gasteiger partial charge on any atom is -0.396 e. The summed E-state index contributed by atoms with van der Waals surface area (Å²) < 4.78 is 5.81. The van der Waals surface area contributed by atoms with E-state index in [1.165, 1.54) is 29.3 Å². The molecule has 1 heterocycles. The van der Waals surface area contributed by atoms with Gasteiger partial charge in [-0.05, 0) is 55.0 Å². The van der Waals surface area contributed by atoms with Crippen molar-refractivity contribution >= 4 is 10.8 Å². The summed E-state index contributed by atoms with van der Waals surface area (Å²) in [4.78, 5) is 2.57. The molecule has 0 spiro atoms. The summed E-state index contributed by atoms with van der Waals surface area (Å²) in [5, 5.41) is 11.5. The molecule has 3 nitrogen and oxygen atoms in total. The summed E-state index contributed by atoms with van der Waals surface area (Å²) in [6.07, 6.45) is 5.76. The number of aryl methyl sites for hydroxylation is 1. The smallest absolute Gasteiger partial charge is 0.0599 e. The lowest BCUT2D eigenvalue weighted by molar-refractivity contribution is 0.00219. The van der Waals surface area contributed by atoms with Gasteiger partial charge in [0.15, 0.2) is 0 Å². The number of hydrogen-bond acceptors (Lipinski definition) is 3. The molecule has 0 atom stereocenters. The van der Waals surface area contributed by atoms with Crippen molar-refractivity contribution < 1.29 is 9.84 Å². The zero-order valence-electron chi connectivity index (χ0n) is 14.5. The molecule has 0 aromatic heterocycles. The quantitative estimate of drug-likeness (QED) is 0.752. The molecule has 0 radical (unpaired) electrons. The van der Waals surface area contributed by atoms with Gasteiger partial charge in [-0.3, -0.25) is 0 Å². The minimum absolute atomic E-state index is 0.229. The third-order valence-corrected chi connectivity index (χ3v) is 4.99. The number of nitrogens with zero attached hydrogens (tertiary/aromatic N) is 1. The summed E-state index contributed by atoms with van der Waals surface area (Å²) in [7, 11) is 0. The summed E-state index contributed by atoms with van der Waals surface area (Å²) in [5.74, 6) is 0. The van der Waals surface area contributed by atoms with Crippen molar-refractivity contribution in [2.45, 2.75) is 38.2 Å². The van der Waals surface area contributed by atoms with E-state index in [2.05, 4.69) is 47.4 Å². The van der Waals surface area contributed by atoms with Crippen LogP contribution in [-0.2, 0) is 11.2 Å². The molecule has 3 rings (SSSR count). The van der Waals surface area contributed by atoms with Gasteiger partial charge in [-0.1, -0.05) is 42.5 Å². The van der Waals surface area contributed by atoms with E-state index >= 15 is 0 Å². The molecule has 1 aliphatic rings. The number of fused-ring (bicyclic) bond motifs is 1. The van der Waals surface area contributed by atoms with Crippen LogP contribution in [0.15, 0.2) is 42.5 Å². The van der Waals surface area contributed by atoms with Gasteiger partial charge in [-0.15, -0.1) is 0 Å². The van der Waals surface area contributed by atoms with Gasteiger partial charge in [0, 0.05) is 26.3 Å². The van der Waals surface area contributed by atoms with E-state index in [9.17, 15) is 0 Å². The summed E-state index contributed by atoms with van der Waals surface area (Å²) >= 11 is 0. The van der Waals surface area contributed by atoms with Gasteiger partial charge in [0.05, 0.1) is 6.10 Å². The standard InChI is InChI=1S/C21H29NO2/c23-16-5-17-24-20-11-14-22(15-12-20)13-4-9-19-8-3-7-18-6-1-2-10-21(18)19/h1-3,6-8,10,20,23H,4-5,9,11-17H2. The molecule has 24 heavy (non-hydrogen) atoms. The van der Waals surface area contributed by atoms with Crippen LogP contribution in [0.3, 0.4) is 0 Å². The monoisotopic (exact) mass is 327 g/mol. The fourth-order valence-electron chi connectivity index (χ4n) is 3.62. The summed E-state index contributed by atoms with van der Waals surface area (Å²) in [6.45, 7) is 4.38.